The topological polar surface area (TPSA) is 134 Å². The average molecular weight is 1090 g/mol. The second-order valence-corrected chi connectivity index (χ2v) is 24.4. The number of nitrogens with zero attached hydrogens (tertiary/aromatic N) is 3. The van der Waals surface area contributed by atoms with Gasteiger partial charge in [0.15, 0.2) is 0 Å². The fourth-order valence-corrected chi connectivity index (χ4v) is 16.5. The Morgan fingerprint density at radius 1 is 0.618 bits per heavy atom. The molecule has 1 fully saturated rings. The van der Waals surface area contributed by atoms with Crippen molar-refractivity contribution < 1.29 is 39.1 Å². The van der Waals surface area contributed by atoms with E-state index < -0.39 is 22.9 Å². The van der Waals surface area contributed by atoms with E-state index in [-0.39, 0.29) is 27.2 Å². The monoisotopic (exact) mass is 1090 g/mol. The molecule has 7 rings (SSSR count). The Kier molecular flexibility index (Phi) is 20.7. The number of ether oxygens (including phenoxy) is 4. The molecule has 4 aromatic carbocycles. The quantitative estimate of drug-likeness (QED) is 0.0894. The predicted octanol–water partition coefficient (Wildman–Crippen LogP) is 9.65. The summed E-state index contributed by atoms with van der Waals surface area (Å²) in [5, 5.41) is 16.7. The summed E-state index contributed by atoms with van der Waals surface area (Å²) in [7, 11) is 12.3. The molecule has 0 unspecified atom stereocenters. The van der Waals surface area contributed by atoms with Crippen molar-refractivity contribution in [3.63, 3.8) is 0 Å². The van der Waals surface area contributed by atoms with E-state index in [4.69, 9.17) is 59.8 Å². The van der Waals surface area contributed by atoms with Gasteiger partial charge in [0.25, 0.3) is 0 Å². The van der Waals surface area contributed by atoms with Crippen molar-refractivity contribution in [2.45, 2.75) is 80.7 Å². The zero-order chi connectivity index (χ0) is 50.0. The number of hydrogen-bond donors (Lipinski definition) is 1. The molecule has 0 radical (unpaired) electrons. The van der Waals surface area contributed by atoms with Gasteiger partial charge in [-0.05, 0) is 119 Å². The molecule has 0 spiro atoms. The molecule has 1 aliphatic rings. The van der Waals surface area contributed by atoms with Gasteiger partial charge in [0, 0.05) is 12.1 Å². The third-order valence-electron chi connectivity index (χ3n) is 12.6. The molecule has 0 bridgehead atoms. The molecule has 16 heteroatoms. The van der Waals surface area contributed by atoms with Crippen molar-refractivity contribution in [3.8, 4) is 34.6 Å². The first-order valence-corrected chi connectivity index (χ1v) is 29.9. The van der Waals surface area contributed by atoms with Crippen LogP contribution in [0.2, 0.25) is 6.82 Å². The first kappa shape index (κ1) is 55.3. The molecule has 10 nitrogen and oxygen atoms in total. The van der Waals surface area contributed by atoms with Crippen molar-refractivity contribution in [1.82, 2.24) is 14.8 Å². The fraction of sp³-hybridized carbons (Fsp3) is 0.346. The number of methoxy groups -OCH3 is 4. The van der Waals surface area contributed by atoms with Gasteiger partial charge in [-0.2, -0.15) is 9.97 Å². The maximum absolute atomic E-state index is 9.23. The Morgan fingerprint density at radius 2 is 0.912 bits per heavy atom. The second kappa shape index (κ2) is 25.5. The van der Waals surface area contributed by atoms with Crippen LogP contribution in [0.25, 0.3) is 22.6 Å². The van der Waals surface area contributed by atoms with Crippen LogP contribution in [-0.2, 0) is 15.1 Å². The summed E-state index contributed by atoms with van der Waals surface area (Å²) < 4.78 is 24.6. The van der Waals surface area contributed by atoms with E-state index in [2.05, 4.69) is 140 Å². The minimum absolute atomic E-state index is 0.0949. The summed E-state index contributed by atoms with van der Waals surface area (Å²) in [5.41, 5.74) is 26.3. The number of aromatic nitrogens is 2. The Labute approximate surface area is 423 Å². The van der Waals surface area contributed by atoms with Gasteiger partial charge in [-0.1, -0.05) is 79.2 Å². The number of aryl methyl sites for hydroxylation is 8. The molecular formula is C52H66BCl2N5O5P2Ru+2. The Bertz CT molecular complexity index is 2340. The van der Waals surface area contributed by atoms with Crippen LogP contribution in [0.5, 0.6) is 23.5 Å². The number of hydrogen-bond acceptors (Lipinski definition) is 8. The van der Waals surface area contributed by atoms with E-state index in [0.717, 1.165) is 28.2 Å². The Morgan fingerprint density at radius 3 is 1.13 bits per heavy atom. The molecule has 6 aromatic rings. The van der Waals surface area contributed by atoms with E-state index >= 15 is 0 Å². The summed E-state index contributed by atoms with van der Waals surface area (Å²) in [6, 6.07) is 30.6. The zero-order valence-electron chi connectivity index (χ0n) is 41.5. The number of nitrogens with one attached hydrogen (secondary N) is 2. The minimum atomic E-state index is -1.78. The zero-order valence-corrected chi connectivity index (χ0v) is 46.7. The molecule has 1 aliphatic heterocycles. The van der Waals surface area contributed by atoms with E-state index in [1.165, 1.54) is 65.7 Å². The molecule has 68 heavy (non-hydrogen) atoms. The average Bonchev–Trinajstić information content (AvgIpc) is 3.70. The van der Waals surface area contributed by atoms with Gasteiger partial charge >= 0.3 is 41.6 Å². The Balaban J connectivity index is 0.000000533. The predicted molar refractivity (Wildman–Crippen MR) is 290 cm³/mol. The summed E-state index contributed by atoms with van der Waals surface area (Å²) >= 11 is -0.346. The molecule has 0 aliphatic carbocycles. The third kappa shape index (κ3) is 12.3. The van der Waals surface area contributed by atoms with Gasteiger partial charge in [0.05, 0.1) is 39.6 Å². The van der Waals surface area contributed by atoms with Crippen molar-refractivity contribution in [3.05, 3.63) is 141 Å². The van der Waals surface area contributed by atoms with Gasteiger partial charge in [-0.3, -0.25) is 0 Å². The number of benzene rings is 4. The van der Waals surface area contributed by atoms with Crippen LogP contribution in [0.4, 0.5) is 0 Å². The summed E-state index contributed by atoms with van der Waals surface area (Å²) in [4.78, 5) is 11.8. The number of halogens is 2. The van der Waals surface area contributed by atoms with Gasteiger partial charge in [-0.25, -0.2) is 0 Å². The van der Waals surface area contributed by atoms with Gasteiger partial charge in [0.1, 0.15) is 47.7 Å². The van der Waals surface area contributed by atoms with Crippen molar-refractivity contribution >= 4 is 74.1 Å². The standard InChI is InChI=1S/C46H50N2O4P2.C6H14BN3O.2ClH.Ru/c1-27-17-13-18-28(2)41(27)53(42-29(3)19-14-20-30(42)4)35-25-37(49-9)47-45(51-11)39(35)40-36(26-38(50-10)48-46(40)52-12)54(43-31(5)21-15-22-32(43)6)44-33(7)23-16-24-34(44)8;1-7(11)10-4-5(9)2-6(10)3-8;;;/h13-26H,1-12H3;5-6,8-9,11H,2-4H2,1H3;2*1H;/q;-2;;;+4/t;5-,6-;;;/m.1.../s1. The summed E-state index contributed by atoms with van der Waals surface area (Å²) in [5.74, 6) is 1.89. The molecule has 1 saturated heterocycles. The number of pyridine rings is 2. The molecule has 0 amide bonds. The van der Waals surface area contributed by atoms with E-state index in [1.807, 2.05) is 4.81 Å². The van der Waals surface area contributed by atoms with E-state index in [1.54, 1.807) is 35.3 Å². The molecule has 2 atom stereocenters. The SMILES string of the molecule is CB(O)N1C[C@H]([NH-])C[C@@H]1C[NH-].COc1cc([PH+](c2c(C)cccc2C)c2c(C)cccc2C)c(-c2c([PH+](c3c(C)cccc3C)c3c(C)cccc3C)cc(OC)nc2OC)c(OC)n1.[Cl][Ru+2][Cl]. The van der Waals surface area contributed by atoms with Crippen LogP contribution in [0.15, 0.2) is 84.9 Å². The third-order valence-corrected chi connectivity index (χ3v) is 19.6. The van der Waals surface area contributed by atoms with Crippen LogP contribution in [0.3, 0.4) is 0 Å². The van der Waals surface area contributed by atoms with E-state index in [9.17, 15) is 5.02 Å². The van der Waals surface area contributed by atoms with Gasteiger partial charge in [0.2, 0.25) is 23.5 Å². The van der Waals surface area contributed by atoms with Crippen LogP contribution in [0.1, 0.15) is 50.9 Å². The molecule has 3 N–H and O–H groups in total. The molecular weight excluding hydrogens is 1020 g/mol. The second-order valence-electron chi connectivity index (χ2n) is 17.2. The van der Waals surface area contributed by atoms with Gasteiger partial charge in [-0.15, -0.1) is 12.6 Å². The Hall–Kier alpha value is -3.65. The molecule has 3 heterocycles. The summed E-state index contributed by atoms with van der Waals surface area (Å²) in [6.07, 6.45) is 0.731. The normalized spacial score (nSPS) is 14.5. The first-order chi connectivity index (χ1) is 32.5. The van der Waals surface area contributed by atoms with E-state index in [0.29, 0.717) is 36.6 Å². The first-order valence-electron chi connectivity index (χ1n) is 22.4. The van der Waals surface area contributed by atoms with Gasteiger partial charge < -0.3 is 40.2 Å². The van der Waals surface area contributed by atoms with Crippen LogP contribution >= 0.6 is 35.2 Å². The van der Waals surface area contributed by atoms with Crippen molar-refractivity contribution in [2.75, 3.05) is 41.5 Å². The molecule has 0 saturated carbocycles. The fourth-order valence-electron chi connectivity index (χ4n) is 9.60. The van der Waals surface area contributed by atoms with Crippen LogP contribution < -0.4 is 50.8 Å². The van der Waals surface area contributed by atoms with Crippen LogP contribution in [-0.4, -0.2) is 80.5 Å². The molecule has 362 valence electrons. The molecule has 2 aromatic heterocycles. The van der Waals surface area contributed by atoms with Crippen molar-refractivity contribution in [2.24, 2.45) is 0 Å². The number of rotatable bonds is 13. The van der Waals surface area contributed by atoms with Crippen molar-refractivity contribution in [1.29, 1.82) is 0 Å². The van der Waals surface area contributed by atoms with Crippen LogP contribution in [0, 0.1) is 55.4 Å². The summed E-state index contributed by atoms with van der Waals surface area (Å²) in [6.45, 7) is 20.4. The maximum atomic E-state index is 9.23.